The smallest absolute Gasteiger partial charge is 0.233 e. The lowest BCUT2D eigenvalue weighted by atomic mass is 10.1. The maximum absolute atomic E-state index is 13.1. The summed E-state index contributed by atoms with van der Waals surface area (Å²) in [5.41, 5.74) is 4.38. The Hall–Kier alpha value is -3.51. The molecule has 0 spiro atoms. The minimum Gasteiger partial charge on any atom is -0.308 e. The van der Waals surface area contributed by atoms with Crippen molar-refractivity contribution in [1.82, 2.24) is 20.4 Å². The Bertz CT molecular complexity index is 1080. The molecule has 0 unspecified atom stereocenters. The highest BCUT2D eigenvalue weighted by Gasteiger charge is 2.18. The zero-order chi connectivity index (χ0) is 20.1. The number of carbonyl (C=O) groups excluding carboxylic acids is 1. The van der Waals surface area contributed by atoms with Gasteiger partial charge in [-0.1, -0.05) is 35.9 Å². The highest BCUT2D eigenvalue weighted by molar-refractivity contribution is 6.30. The average molecular weight is 404 g/mol. The molecule has 4 rings (SSSR count). The molecule has 144 valence electrons. The Balaban J connectivity index is 1.62. The summed E-state index contributed by atoms with van der Waals surface area (Å²) >= 11 is 6.13. The Kier molecular flexibility index (Phi) is 5.63. The maximum Gasteiger partial charge on any atom is 0.233 e. The molecule has 6 nitrogen and oxygen atoms in total. The summed E-state index contributed by atoms with van der Waals surface area (Å²) in [4.78, 5) is 14.9. The first kappa shape index (κ1) is 18.8. The molecule has 2 heterocycles. The fourth-order valence-corrected chi connectivity index (χ4v) is 3.27. The molecule has 2 aromatic heterocycles. The first-order chi connectivity index (χ1) is 14.2. The van der Waals surface area contributed by atoms with E-state index in [0.717, 1.165) is 22.4 Å². The summed E-state index contributed by atoms with van der Waals surface area (Å²) in [5, 5.41) is 15.3. The van der Waals surface area contributed by atoms with Gasteiger partial charge in [-0.3, -0.25) is 9.89 Å². The summed E-state index contributed by atoms with van der Waals surface area (Å²) in [7, 11) is 0. The topological polar surface area (TPSA) is 74.8 Å². The van der Waals surface area contributed by atoms with Gasteiger partial charge in [-0.05, 0) is 47.5 Å². The molecule has 0 aliphatic heterocycles. The van der Waals surface area contributed by atoms with Crippen molar-refractivity contribution in [2.45, 2.75) is 13.0 Å². The van der Waals surface area contributed by atoms with Gasteiger partial charge in [0, 0.05) is 28.7 Å². The normalized spacial score (nSPS) is 10.7. The van der Waals surface area contributed by atoms with Gasteiger partial charge in [0.05, 0.1) is 24.9 Å². The number of hydrogen-bond acceptors (Lipinski definition) is 4. The van der Waals surface area contributed by atoms with Gasteiger partial charge in [0.2, 0.25) is 5.91 Å². The number of anilines is 1. The number of amides is 1. The average Bonchev–Trinajstić information content (AvgIpc) is 3.28. The number of carbonyl (C=O) groups is 1. The molecule has 1 N–H and O–H groups in total. The van der Waals surface area contributed by atoms with Gasteiger partial charge in [0.15, 0.2) is 0 Å². The van der Waals surface area contributed by atoms with Crippen LogP contribution in [0.4, 0.5) is 5.69 Å². The van der Waals surface area contributed by atoms with Crippen LogP contribution in [0.5, 0.6) is 0 Å². The van der Waals surface area contributed by atoms with Crippen molar-refractivity contribution in [3.8, 4) is 11.1 Å². The Morgan fingerprint density at radius 1 is 1.03 bits per heavy atom. The van der Waals surface area contributed by atoms with E-state index in [1.54, 1.807) is 29.4 Å². The molecule has 0 saturated carbocycles. The summed E-state index contributed by atoms with van der Waals surface area (Å²) < 4.78 is 0. The number of benzene rings is 2. The molecule has 0 aliphatic rings. The van der Waals surface area contributed by atoms with Gasteiger partial charge in [0.1, 0.15) is 0 Å². The summed E-state index contributed by atoms with van der Waals surface area (Å²) in [6, 6.07) is 18.9. The van der Waals surface area contributed by atoms with Crippen LogP contribution in [0.15, 0.2) is 79.3 Å². The Labute approximate surface area is 173 Å². The predicted molar refractivity (Wildman–Crippen MR) is 112 cm³/mol. The largest absolute Gasteiger partial charge is 0.308 e. The molecule has 1 amide bonds. The molecule has 0 atom stereocenters. The third-order valence-corrected chi connectivity index (χ3v) is 4.74. The SMILES string of the molecule is O=C(Cc1cccnn1)N(Cc1cccc(Cl)c1)c1ccc(-c2cn[nH]c2)cc1. The molecule has 29 heavy (non-hydrogen) atoms. The second kappa shape index (κ2) is 8.67. The predicted octanol–water partition coefficient (Wildman–Crippen LogP) is 4.30. The molecule has 0 aliphatic carbocycles. The summed E-state index contributed by atoms with van der Waals surface area (Å²) in [5.74, 6) is -0.0680. The number of nitrogens with zero attached hydrogens (tertiary/aromatic N) is 4. The second-order valence-corrected chi connectivity index (χ2v) is 6.97. The van der Waals surface area contributed by atoms with Crippen LogP contribution >= 0.6 is 11.6 Å². The van der Waals surface area contributed by atoms with Crippen LogP contribution in [0.3, 0.4) is 0 Å². The molecule has 0 bridgehead atoms. The van der Waals surface area contributed by atoms with Crippen molar-refractivity contribution >= 4 is 23.2 Å². The van der Waals surface area contributed by atoms with Crippen molar-refractivity contribution < 1.29 is 4.79 Å². The van der Waals surface area contributed by atoms with Crippen LogP contribution in [-0.4, -0.2) is 26.3 Å². The highest BCUT2D eigenvalue weighted by Crippen LogP contribution is 2.25. The quantitative estimate of drug-likeness (QED) is 0.521. The molecule has 0 saturated heterocycles. The van der Waals surface area contributed by atoms with E-state index in [0.29, 0.717) is 17.3 Å². The molecule has 2 aromatic carbocycles. The van der Waals surface area contributed by atoms with E-state index < -0.39 is 0 Å². The lowest BCUT2D eigenvalue weighted by Gasteiger charge is -2.23. The van der Waals surface area contributed by atoms with Crippen LogP contribution in [0, 0.1) is 0 Å². The fourth-order valence-electron chi connectivity index (χ4n) is 3.06. The van der Waals surface area contributed by atoms with Crippen molar-refractivity contribution in [2.24, 2.45) is 0 Å². The van der Waals surface area contributed by atoms with E-state index in [1.807, 2.05) is 54.7 Å². The van der Waals surface area contributed by atoms with E-state index in [4.69, 9.17) is 11.6 Å². The number of H-pyrrole nitrogens is 1. The van der Waals surface area contributed by atoms with E-state index in [1.165, 1.54) is 0 Å². The fraction of sp³-hybridized carbons (Fsp3) is 0.0909. The Morgan fingerprint density at radius 2 is 1.90 bits per heavy atom. The van der Waals surface area contributed by atoms with Crippen molar-refractivity contribution in [1.29, 1.82) is 0 Å². The molecule has 0 fully saturated rings. The first-order valence-electron chi connectivity index (χ1n) is 9.09. The molecule has 0 radical (unpaired) electrons. The van der Waals surface area contributed by atoms with Gasteiger partial charge in [-0.15, -0.1) is 0 Å². The maximum atomic E-state index is 13.1. The number of nitrogens with one attached hydrogen (secondary N) is 1. The number of rotatable bonds is 6. The summed E-state index contributed by atoms with van der Waals surface area (Å²) in [6.07, 6.45) is 5.35. The van der Waals surface area contributed by atoms with Gasteiger partial charge in [-0.2, -0.15) is 15.3 Å². The van der Waals surface area contributed by atoms with Crippen LogP contribution in [0.1, 0.15) is 11.3 Å². The van der Waals surface area contributed by atoms with Gasteiger partial charge in [0.25, 0.3) is 0 Å². The number of hydrogen-bond donors (Lipinski definition) is 1. The highest BCUT2D eigenvalue weighted by atomic mass is 35.5. The second-order valence-electron chi connectivity index (χ2n) is 6.54. The van der Waals surface area contributed by atoms with Crippen molar-refractivity contribution in [3.63, 3.8) is 0 Å². The molecule has 4 aromatic rings. The standard InChI is InChI=1S/C22H18ClN5O/c23-19-4-1-3-16(11-19)15-28(22(29)12-20-5-2-10-24-27-20)21-8-6-17(7-9-21)18-13-25-26-14-18/h1-11,13-14H,12,15H2,(H,25,26). The Morgan fingerprint density at radius 3 is 2.59 bits per heavy atom. The van der Waals surface area contributed by atoms with Crippen LogP contribution in [-0.2, 0) is 17.8 Å². The number of aromatic amines is 1. The summed E-state index contributed by atoms with van der Waals surface area (Å²) in [6.45, 7) is 0.407. The molecule has 7 heteroatoms. The van der Waals surface area contributed by atoms with Crippen LogP contribution < -0.4 is 4.90 Å². The lowest BCUT2D eigenvalue weighted by molar-refractivity contribution is -0.118. The monoisotopic (exact) mass is 403 g/mol. The van der Waals surface area contributed by atoms with E-state index in [-0.39, 0.29) is 12.3 Å². The van der Waals surface area contributed by atoms with Crippen LogP contribution in [0.2, 0.25) is 5.02 Å². The first-order valence-corrected chi connectivity index (χ1v) is 9.47. The zero-order valence-corrected chi connectivity index (χ0v) is 16.3. The lowest BCUT2D eigenvalue weighted by Crippen LogP contribution is -2.32. The third kappa shape index (κ3) is 4.67. The van der Waals surface area contributed by atoms with Gasteiger partial charge in [-0.25, -0.2) is 0 Å². The minimum atomic E-state index is -0.0680. The van der Waals surface area contributed by atoms with E-state index >= 15 is 0 Å². The number of aromatic nitrogens is 4. The molecular formula is C22H18ClN5O. The zero-order valence-electron chi connectivity index (χ0n) is 15.5. The van der Waals surface area contributed by atoms with Gasteiger partial charge >= 0.3 is 0 Å². The van der Waals surface area contributed by atoms with Crippen LogP contribution in [0.25, 0.3) is 11.1 Å². The van der Waals surface area contributed by atoms with E-state index in [9.17, 15) is 4.79 Å². The third-order valence-electron chi connectivity index (χ3n) is 4.50. The minimum absolute atomic E-state index is 0.0680. The van der Waals surface area contributed by atoms with E-state index in [2.05, 4.69) is 20.4 Å². The van der Waals surface area contributed by atoms with Crippen molar-refractivity contribution in [3.05, 3.63) is 95.5 Å². The number of halogens is 1. The van der Waals surface area contributed by atoms with Gasteiger partial charge < -0.3 is 4.90 Å². The van der Waals surface area contributed by atoms with Crippen molar-refractivity contribution in [2.75, 3.05) is 4.90 Å². The molecular weight excluding hydrogens is 386 g/mol.